The molecule has 6 heteroatoms. The van der Waals surface area contributed by atoms with E-state index >= 15 is 0 Å². The normalized spacial score (nSPS) is 11.2. The van der Waals surface area contributed by atoms with Gasteiger partial charge in [-0.25, -0.2) is 0 Å². The smallest absolute Gasteiger partial charge is 0.203 e. The summed E-state index contributed by atoms with van der Waals surface area (Å²) in [6.07, 6.45) is 1.76. The van der Waals surface area contributed by atoms with Crippen molar-refractivity contribution in [2.45, 2.75) is 19.8 Å². The van der Waals surface area contributed by atoms with Crippen molar-refractivity contribution in [1.29, 1.82) is 0 Å². The van der Waals surface area contributed by atoms with Gasteiger partial charge in [-0.3, -0.25) is 4.40 Å². The molecule has 0 atom stereocenters. The Kier molecular flexibility index (Phi) is 5.80. The zero-order valence-electron chi connectivity index (χ0n) is 19.8. The van der Waals surface area contributed by atoms with Crippen LogP contribution in [0.3, 0.4) is 0 Å². The molecule has 0 amide bonds. The molecular weight excluding hydrogens is 426 g/mol. The van der Waals surface area contributed by atoms with E-state index in [9.17, 15) is 0 Å². The van der Waals surface area contributed by atoms with Gasteiger partial charge in [-0.15, -0.1) is 10.2 Å². The highest BCUT2D eigenvalue weighted by molar-refractivity contribution is 5.96. The van der Waals surface area contributed by atoms with Gasteiger partial charge in [-0.2, -0.15) is 0 Å². The molecule has 3 aromatic carbocycles. The first-order valence-corrected chi connectivity index (χ1v) is 11.2. The Morgan fingerprint density at radius 1 is 0.735 bits per heavy atom. The summed E-state index contributed by atoms with van der Waals surface area (Å²) < 4.78 is 18.5. The van der Waals surface area contributed by atoms with Crippen LogP contribution in [-0.4, -0.2) is 35.9 Å². The molecule has 5 rings (SSSR count). The minimum absolute atomic E-state index is 0.615. The highest BCUT2D eigenvalue weighted by atomic mass is 16.5. The van der Waals surface area contributed by atoms with Crippen LogP contribution in [0.25, 0.3) is 27.7 Å². The minimum Gasteiger partial charge on any atom is -0.493 e. The third-order valence-corrected chi connectivity index (χ3v) is 6.24. The lowest BCUT2D eigenvalue weighted by molar-refractivity contribution is 0.324. The van der Waals surface area contributed by atoms with Crippen LogP contribution in [0.15, 0.2) is 66.7 Å². The van der Waals surface area contributed by atoms with Crippen LogP contribution in [0.2, 0.25) is 0 Å². The molecule has 2 aromatic heterocycles. The Bertz CT molecular complexity index is 1450. The molecule has 34 heavy (non-hydrogen) atoms. The summed E-state index contributed by atoms with van der Waals surface area (Å²) in [4.78, 5) is 0. The Morgan fingerprint density at radius 2 is 1.41 bits per heavy atom. The second-order valence-corrected chi connectivity index (χ2v) is 8.25. The highest BCUT2D eigenvalue weighted by Crippen LogP contribution is 2.38. The van der Waals surface area contributed by atoms with Crippen LogP contribution in [-0.2, 0) is 12.8 Å². The molecule has 0 fully saturated rings. The molecule has 0 aliphatic rings. The molecule has 0 saturated carbocycles. The van der Waals surface area contributed by atoms with Gasteiger partial charge < -0.3 is 14.2 Å². The van der Waals surface area contributed by atoms with E-state index < -0.39 is 0 Å². The quantitative estimate of drug-likeness (QED) is 0.318. The predicted molar refractivity (Wildman–Crippen MR) is 134 cm³/mol. The van der Waals surface area contributed by atoms with Gasteiger partial charge in [0.2, 0.25) is 5.75 Å². The van der Waals surface area contributed by atoms with Gasteiger partial charge in [0.15, 0.2) is 17.1 Å². The zero-order chi connectivity index (χ0) is 23.7. The molecular formula is C28H27N3O3. The lowest BCUT2D eigenvalue weighted by Gasteiger charge is -2.14. The maximum Gasteiger partial charge on any atom is 0.203 e. The summed E-state index contributed by atoms with van der Waals surface area (Å²) in [5.41, 5.74) is 5.50. The third-order valence-electron chi connectivity index (χ3n) is 6.24. The SMILES string of the molecule is COc1cc(CCc2ccc(-c3cc4ccccc4c4nnc(C)n34)cc2)cc(OC)c1OC. The Balaban J connectivity index is 1.43. The average Bonchev–Trinajstić information content (AvgIpc) is 3.28. The summed E-state index contributed by atoms with van der Waals surface area (Å²) in [5, 5.41) is 11.0. The van der Waals surface area contributed by atoms with E-state index in [-0.39, 0.29) is 0 Å². The first kappa shape index (κ1) is 21.8. The van der Waals surface area contributed by atoms with Crippen LogP contribution in [0.1, 0.15) is 17.0 Å². The van der Waals surface area contributed by atoms with Crippen LogP contribution in [0.4, 0.5) is 0 Å². The number of hydrogen-bond acceptors (Lipinski definition) is 5. The van der Waals surface area contributed by atoms with Gasteiger partial charge >= 0.3 is 0 Å². The van der Waals surface area contributed by atoms with E-state index in [4.69, 9.17) is 14.2 Å². The fraction of sp³-hybridized carbons (Fsp3) is 0.214. The van der Waals surface area contributed by atoms with Gasteiger partial charge in [0.1, 0.15) is 5.82 Å². The monoisotopic (exact) mass is 453 g/mol. The summed E-state index contributed by atoms with van der Waals surface area (Å²) in [5.74, 6) is 2.85. The number of hydrogen-bond donors (Lipinski definition) is 0. The molecule has 5 aromatic rings. The van der Waals surface area contributed by atoms with E-state index in [0.29, 0.717) is 17.2 Å². The topological polar surface area (TPSA) is 57.9 Å². The first-order valence-electron chi connectivity index (χ1n) is 11.2. The molecule has 0 N–H and O–H groups in total. The van der Waals surface area contributed by atoms with E-state index in [0.717, 1.165) is 51.9 Å². The number of nitrogens with zero attached hydrogens (tertiary/aromatic N) is 3. The van der Waals surface area contributed by atoms with Crippen molar-refractivity contribution in [2.24, 2.45) is 0 Å². The largest absolute Gasteiger partial charge is 0.493 e. The van der Waals surface area contributed by atoms with Crippen molar-refractivity contribution < 1.29 is 14.2 Å². The number of ether oxygens (including phenoxy) is 3. The van der Waals surface area contributed by atoms with Crippen molar-refractivity contribution in [1.82, 2.24) is 14.6 Å². The van der Waals surface area contributed by atoms with E-state index in [1.807, 2.05) is 25.1 Å². The number of methoxy groups -OCH3 is 3. The second-order valence-electron chi connectivity index (χ2n) is 8.25. The minimum atomic E-state index is 0.615. The standard InChI is InChI=1S/C28H27N3O3/c1-18-29-30-28-23-8-6-5-7-22(23)17-24(31(18)28)21-13-11-19(12-14-21)9-10-20-15-25(32-2)27(34-4)26(16-20)33-3/h5-8,11-17H,9-10H2,1-4H3. The van der Waals surface area contributed by atoms with Crippen molar-refractivity contribution in [3.63, 3.8) is 0 Å². The number of rotatable bonds is 7. The Morgan fingerprint density at radius 3 is 2.09 bits per heavy atom. The summed E-state index contributed by atoms with van der Waals surface area (Å²) in [6, 6.07) is 23.3. The lowest BCUT2D eigenvalue weighted by Crippen LogP contribution is -1.99. The maximum atomic E-state index is 5.49. The van der Waals surface area contributed by atoms with Crippen LogP contribution in [0.5, 0.6) is 17.2 Å². The van der Waals surface area contributed by atoms with Gasteiger partial charge in [0, 0.05) is 5.39 Å². The van der Waals surface area contributed by atoms with E-state index in [1.165, 1.54) is 5.56 Å². The lowest BCUT2D eigenvalue weighted by atomic mass is 10.0. The zero-order valence-corrected chi connectivity index (χ0v) is 19.8. The molecule has 6 nitrogen and oxygen atoms in total. The number of pyridine rings is 1. The molecule has 172 valence electrons. The summed E-state index contributed by atoms with van der Waals surface area (Å²) in [6.45, 7) is 1.99. The average molecular weight is 454 g/mol. The molecule has 2 heterocycles. The number of fused-ring (bicyclic) bond motifs is 3. The van der Waals surface area contributed by atoms with Gasteiger partial charge in [-0.1, -0.05) is 48.5 Å². The van der Waals surface area contributed by atoms with Gasteiger partial charge in [0.25, 0.3) is 0 Å². The first-order chi connectivity index (χ1) is 16.6. The predicted octanol–water partition coefficient (Wildman–Crippen LogP) is 5.67. The van der Waals surface area contributed by atoms with Crippen molar-refractivity contribution in [3.8, 4) is 28.5 Å². The number of aromatic nitrogens is 3. The van der Waals surface area contributed by atoms with Gasteiger partial charge in [-0.05, 0) is 60.0 Å². The van der Waals surface area contributed by atoms with Gasteiger partial charge in [0.05, 0.1) is 27.0 Å². The van der Waals surface area contributed by atoms with E-state index in [1.54, 1.807) is 21.3 Å². The second kappa shape index (κ2) is 9.06. The maximum absolute atomic E-state index is 5.49. The van der Waals surface area contributed by atoms with Crippen molar-refractivity contribution in [3.05, 3.63) is 83.7 Å². The van der Waals surface area contributed by atoms with Crippen LogP contribution < -0.4 is 14.2 Å². The Hall–Kier alpha value is -4.06. The van der Waals surface area contributed by atoms with Crippen LogP contribution in [0, 0.1) is 6.92 Å². The highest BCUT2D eigenvalue weighted by Gasteiger charge is 2.14. The Labute approximate surface area is 198 Å². The molecule has 0 spiro atoms. The van der Waals surface area contributed by atoms with Crippen LogP contribution >= 0.6 is 0 Å². The molecule has 0 radical (unpaired) electrons. The fourth-order valence-corrected chi connectivity index (χ4v) is 4.49. The third kappa shape index (κ3) is 3.81. The molecule has 0 aliphatic heterocycles. The molecule has 0 bridgehead atoms. The fourth-order valence-electron chi connectivity index (χ4n) is 4.49. The van der Waals surface area contributed by atoms with Crippen molar-refractivity contribution >= 4 is 16.4 Å². The molecule has 0 aliphatic carbocycles. The summed E-state index contributed by atoms with van der Waals surface area (Å²) in [7, 11) is 4.90. The summed E-state index contributed by atoms with van der Waals surface area (Å²) >= 11 is 0. The number of benzene rings is 3. The molecule has 0 unspecified atom stereocenters. The van der Waals surface area contributed by atoms with E-state index in [2.05, 4.69) is 63.1 Å². The molecule has 0 saturated heterocycles. The van der Waals surface area contributed by atoms with Crippen molar-refractivity contribution in [2.75, 3.05) is 21.3 Å². The number of aryl methyl sites for hydroxylation is 3.